The van der Waals surface area contributed by atoms with Gasteiger partial charge in [-0.3, -0.25) is 0 Å². The van der Waals surface area contributed by atoms with Crippen molar-refractivity contribution in [2.75, 3.05) is 18.1 Å². The highest BCUT2D eigenvalue weighted by molar-refractivity contribution is 5.50. The number of hydrogen-bond donors (Lipinski definition) is 2. The first-order chi connectivity index (χ1) is 8.76. The lowest BCUT2D eigenvalue weighted by atomic mass is 9.98. The number of nitrogens with two attached hydrogens (primary N) is 1. The molecule has 100 valence electrons. The summed E-state index contributed by atoms with van der Waals surface area (Å²) in [5.41, 5.74) is 6.96. The van der Waals surface area contributed by atoms with Gasteiger partial charge in [-0.05, 0) is 43.4 Å². The Bertz CT molecular complexity index is 395. The Balaban J connectivity index is 2.22. The van der Waals surface area contributed by atoms with E-state index in [1.54, 1.807) is 0 Å². The van der Waals surface area contributed by atoms with Crippen molar-refractivity contribution in [3.05, 3.63) is 29.6 Å². The predicted octanol–water partition coefficient (Wildman–Crippen LogP) is 2.03. The first kappa shape index (κ1) is 13.3. The van der Waals surface area contributed by atoms with Crippen LogP contribution in [0.2, 0.25) is 0 Å². The largest absolute Gasteiger partial charge is 0.396 e. The second kappa shape index (κ2) is 6.16. The molecule has 1 aliphatic heterocycles. The summed E-state index contributed by atoms with van der Waals surface area (Å²) < 4.78 is 14.1. The molecule has 0 bridgehead atoms. The number of hydrogen-bond acceptors (Lipinski definition) is 3. The van der Waals surface area contributed by atoms with Gasteiger partial charge in [-0.1, -0.05) is 6.07 Å². The first-order valence-corrected chi connectivity index (χ1v) is 6.62. The van der Waals surface area contributed by atoms with Gasteiger partial charge in [-0.2, -0.15) is 0 Å². The number of rotatable bonds is 4. The molecule has 1 atom stereocenters. The molecule has 1 fully saturated rings. The summed E-state index contributed by atoms with van der Waals surface area (Å²) in [7, 11) is 0. The lowest BCUT2D eigenvalue weighted by molar-refractivity contribution is 0.262. The number of aliphatic hydroxyl groups is 1. The van der Waals surface area contributed by atoms with E-state index < -0.39 is 0 Å². The van der Waals surface area contributed by atoms with Crippen LogP contribution in [0.4, 0.5) is 10.1 Å². The maximum atomic E-state index is 14.1. The number of anilines is 1. The monoisotopic (exact) mass is 252 g/mol. The van der Waals surface area contributed by atoms with Gasteiger partial charge in [0.2, 0.25) is 0 Å². The third-order valence-corrected chi connectivity index (χ3v) is 3.65. The van der Waals surface area contributed by atoms with E-state index in [-0.39, 0.29) is 18.5 Å². The fourth-order valence-electron chi connectivity index (χ4n) is 2.68. The number of nitrogens with zero attached hydrogens (tertiary/aromatic N) is 1. The molecule has 18 heavy (non-hydrogen) atoms. The predicted molar refractivity (Wildman–Crippen MR) is 71.0 cm³/mol. The standard InChI is InChI=1S/C14H21FN2O/c15-13-9-11(10-16)4-5-14(13)17-7-2-1-3-12(17)6-8-18/h4-5,9,12,18H,1-3,6-8,10,16H2. The highest BCUT2D eigenvalue weighted by Crippen LogP contribution is 2.29. The zero-order valence-electron chi connectivity index (χ0n) is 10.6. The zero-order valence-corrected chi connectivity index (χ0v) is 10.6. The molecule has 0 saturated carbocycles. The second-order valence-electron chi connectivity index (χ2n) is 4.85. The average Bonchev–Trinajstić information content (AvgIpc) is 2.40. The summed E-state index contributed by atoms with van der Waals surface area (Å²) in [5, 5.41) is 9.10. The lowest BCUT2D eigenvalue weighted by Gasteiger charge is -2.37. The molecule has 2 rings (SSSR count). The third-order valence-electron chi connectivity index (χ3n) is 3.65. The summed E-state index contributed by atoms with van der Waals surface area (Å²) in [6.07, 6.45) is 3.97. The van der Waals surface area contributed by atoms with E-state index in [4.69, 9.17) is 10.8 Å². The molecule has 1 aromatic carbocycles. The maximum Gasteiger partial charge on any atom is 0.146 e. The maximum absolute atomic E-state index is 14.1. The average molecular weight is 252 g/mol. The quantitative estimate of drug-likeness (QED) is 0.862. The second-order valence-corrected chi connectivity index (χ2v) is 4.85. The van der Waals surface area contributed by atoms with Crippen LogP contribution in [0.1, 0.15) is 31.2 Å². The molecule has 0 aliphatic carbocycles. The smallest absolute Gasteiger partial charge is 0.146 e. The molecule has 0 aromatic heterocycles. The van der Waals surface area contributed by atoms with Gasteiger partial charge in [-0.25, -0.2) is 4.39 Å². The molecule has 3 nitrogen and oxygen atoms in total. The van der Waals surface area contributed by atoms with E-state index in [9.17, 15) is 4.39 Å². The minimum absolute atomic E-state index is 0.156. The third kappa shape index (κ3) is 2.82. The van der Waals surface area contributed by atoms with Gasteiger partial charge in [0.15, 0.2) is 0 Å². The van der Waals surface area contributed by atoms with Gasteiger partial charge in [-0.15, -0.1) is 0 Å². The van der Waals surface area contributed by atoms with Crippen molar-refractivity contribution in [2.45, 2.75) is 38.3 Å². The summed E-state index contributed by atoms with van der Waals surface area (Å²) in [6, 6.07) is 5.46. The topological polar surface area (TPSA) is 49.5 Å². The van der Waals surface area contributed by atoms with Crippen LogP contribution in [0.15, 0.2) is 18.2 Å². The van der Waals surface area contributed by atoms with Crippen molar-refractivity contribution in [3.63, 3.8) is 0 Å². The molecule has 3 N–H and O–H groups in total. The molecule has 0 radical (unpaired) electrons. The van der Waals surface area contributed by atoms with Crippen molar-refractivity contribution in [1.82, 2.24) is 0 Å². The van der Waals surface area contributed by atoms with Crippen molar-refractivity contribution in [3.8, 4) is 0 Å². The normalized spacial score (nSPS) is 20.2. The van der Waals surface area contributed by atoms with E-state index in [1.165, 1.54) is 6.07 Å². The van der Waals surface area contributed by atoms with E-state index >= 15 is 0 Å². The van der Waals surface area contributed by atoms with Crippen LogP contribution in [0.25, 0.3) is 0 Å². The van der Waals surface area contributed by atoms with Crippen LogP contribution in [0.3, 0.4) is 0 Å². The molecule has 1 aliphatic rings. The lowest BCUT2D eigenvalue weighted by Crippen LogP contribution is -2.40. The van der Waals surface area contributed by atoms with Crippen LogP contribution in [-0.2, 0) is 6.54 Å². The molecule has 1 aromatic rings. The van der Waals surface area contributed by atoms with Crippen molar-refractivity contribution in [1.29, 1.82) is 0 Å². The van der Waals surface area contributed by atoms with Gasteiger partial charge >= 0.3 is 0 Å². The highest BCUT2D eigenvalue weighted by Gasteiger charge is 2.24. The number of piperidine rings is 1. The minimum Gasteiger partial charge on any atom is -0.396 e. The van der Waals surface area contributed by atoms with E-state index in [1.807, 2.05) is 12.1 Å². The minimum atomic E-state index is -0.206. The van der Waals surface area contributed by atoms with Crippen LogP contribution in [-0.4, -0.2) is 24.3 Å². The molecule has 0 amide bonds. The number of halogens is 1. The van der Waals surface area contributed by atoms with E-state index in [2.05, 4.69) is 4.90 Å². The molecule has 1 unspecified atom stereocenters. The Morgan fingerprint density at radius 1 is 1.39 bits per heavy atom. The Hall–Kier alpha value is -1.13. The van der Waals surface area contributed by atoms with Crippen LogP contribution in [0, 0.1) is 5.82 Å². The van der Waals surface area contributed by atoms with Gasteiger partial charge in [0.25, 0.3) is 0 Å². The number of benzene rings is 1. The summed E-state index contributed by atoms with van der Waals surface area (Å²) in [6.45, 7) is 1.38. The van der Waals surface area contributed by atoms with Crippen LogP contribution < -0.4 is 10.6 Å². The Morgan fingerprint density at radius 2 is 2.22 bits per heavy atom. The Kier molecular flexibility index (Phi) is 4.55. The molecule has 1 heterocycles. The van der Waals surface area contributed by atoms with Crippen LogP contribution >= 0.6 is 0 Å². The fraction of sp³-hybridized carbons (Fsp3) is 0.571. The molecule has 1 saturated heterocycles. The molecule has 0 spiro atoms. The van der Waals surface area contributed by atoms with Gasteiger partial charge in [0, 0.05) is 25.7 Å². The van der Waals surface area contributed by atoms with Gasteiger partial charge in [0.1, 0.15) is 5.82 Å². The van der Waals surface area contributed by atoms with Crippen molar-refractivity contribution in [2.24, 2.45) is 5.73 Å². The summed E-state index contributed by atoms with van der Waals surface area (Å²) >= 11 is 0. The van der Waals surface area contributed by atoms with E-state index in [0.717, 1.165) is 31.4 Å². The van der Waals surface area contributed by atoms with E-state index in [0.29, 0.717) is 18.7 Å². The summed E-state index contributed by atoms with van der Waals surface area (Å²) in [5.74, 6) is -0.206. The highest BCUT2D eigenvalue weighted by atomic mass is 19.1. The SMILES string of the molecule is NCc1ccc(N2CCCCC2CCO)c(F)c1. The van der Waals surface area contributed by atoms with Crippen molar-refractivity contribution < 1.29 is 9.50 Å². The molecular formula is C14H21FN2O. The Labute approximate surface area is 107 Å². The van der Waals surface area contributed by atoms with Gasteiger partial charge in [0.05, 0.1) is 5.69 Å². The zero-order chi connectivity index (χ0) is 13.0. The van der Waals surface area contributed by atoms with Crippen molar-refractivity contribution >= 4 is 5.69 Å². The molecule has 4 heteroatoms. The molecular weight excluding hydrogens is 231 g/mol. The fourth-order valence-corrected chi connectivity index (χ4v) is 2.68. The number of aliphatic hydroxyl groups excluding tert-OH is 1. The first-order valence-electron chi connectivity index (χ1n) is 6.62. The van der Waals surface area contributed by atoms with Gasteiger partial charge < -0.3 is 15.7 Å². The van der Waals surface area contributed by atoms with Crippen LogP contribution in [0.5, 0.6) is 0 Å². The Morgan fingerprint density at radius 3 is 2.89 bits per heavy atom. The summed E-state index contributed by atoms with van der Waals surface area (Å²) in [4.78, 5) is 2.09.